The zero-order chi connectivity index (χ0) is 33.3. The van der Waals surface area contributed by atoms with Crippen LogP contribution in [0.1, 0.15) is 48.5 Å². The van der Waals surface area contributed by atoms with Crippen molar-refractivity contribution in [1.29, 1.82) is 0 Å². The summed E-state index contributed by atoms with van der Waals surface area (Å²) in [5, 5.41) is 0. The van der Waals surface area contributed by atoms with E-state index in [1.165, 1.54) is 0 Å². The fourth-order valence-corrected chi connectivity index (χ4v) is 5.05. The third-order valence-electron chi connectivity index (χ3n) is 5.85. The Hall–Kier alpha value is -3.35. The first-order valence-electron chi connectivity index (χ1n) is 13.2. The highest BCUT2D eigenvalue weighted by Crippen LogP contribution is 2.36. The maximum absolute atomic E-state index is 12.2. The number of ether oxygens (including phenoxy) is 10. The van der Waals surface area contributed by atoms with Crippen LogP contribution in [0.4, 0.5) is 0 Å². The van der Waals surface area contributed by atoms with Crippen molar-refractivity contribution in [3.63, 3.8) is 0 Å². The van der Waals surface area contributed by atoms with Gasteiger partial charge in [0.25, 0.3) is 0 Å². The van der Waals surface area contributed by atoms with E-state index in [4.69, 9.17) is 47.4 Å². The Kier molecular flexibility index (Phi) is 13.9. The van der Waals surface area contributed by atoms with E-state index < -0.39 is 115 Å². The van der Waals surface area contributed by atoms with Crippen LogP contribution >= 0.6 is 15.9 Å². The predicted octanol–water partition coefficient (Wildman–Crippen LogP) is 0.00100. The van der Waals surface area contributed by atoms with E-state index >= 15 is 0 Å². The van der Waals surface area contributed by atoms with Gasteiger partial charge in [0.1, 0.15) is 42.5 Å². The van der Waals surface area contributed by atoms with Crippen LogP contribution in [0, 0.1) is 0 Å². The van der Waals surface area contributed by atoms with Gasteiger partial charge in [0, 0.05) is 48.5 Å². The minimum absolute atomic E-state index is 0.499. The summed E-state index contributed by atoms with van der Waals surface area (Å²) in [5.74, 6) is -5.56. The van der Waals surface area contributed by atoms with Crippen molar-refractivity contribution in [2.75, 3.05) is 13.2 Å². The molecule has 18 heteroatoms. The molecule has 0 radical (unpaired) electrons. The number of carbonyl (C=O) groups is 7. The van der Waals surface area contributed by atoms with Gasteiger partial charge < -0.3 is 47.4 Å². The van der Waals surface area contributed by atoms with Crippen molar-refractivity contribution in [3.8, 4) is 0 Å². The van der Waals surface area contributed by atoms with Gasteiger partial charge in [-0.3, -0.25) is 33.6 Å². The first kappa shape index (κ1) is 36.8. The number of halogens is 1. The van der Waals surface area contributed by atoms with E-state index in [0.29, 0.717) is 0 Å². The van der Waals surface area contributed by atoms with E-state index in [-0.39, 0.29) is 0 Å². The summed E-state index contributed by atoms with van der Waals surface area (Å²) in [5.41, 5.74) is 0. The van der Waals surface area contributed by atoms with Gasteiger partial charge in [-0.25, -0.2) is 0 Å². The number of rotatable bonds is 11. The molecule has 10 atom stereocenters. The Morgan fingerprint density at radius 1 is 0.477 bits per heavy atom. The van der Waals surface area contributed by atoms with Crippen molar-refractivity contribution < 1.29 is 80.9 Å². The molecular weight excluding hydrogens is 664 g/mol. The molecule has 0 aromatic rings. The van der Waals surface area contributed by atoms with Gasteiger partial charge in [0.15, 0.2) is 24.6 Å². The van der Waals surface area contributed by atoms with Crippen molar-refractivity contribution in [1.82, 2.24) is 0 Å². The number of esters is 7. The molecule has 44 heavy (non-hydrogen) atoms. The van der Waals surface area contributed by atoms with E-state index in [1.807, 2.05) is 0 Å². The molecule has 17 nitrogen and oxygen atoms in total. The maximum Gasteiger partial charge on any atom is 0.304 e. The predicted molar refractivity (Wildman–Crippen MR) is 142 cm³/mol. The average Bonchev–Trinajstić information content (AvgIpc) is 2.87. The lowest BCUT2D eigenvalue weighted by Gasteiger charge is -2.48. The highest BCUT2D eigenvalue weighted by Gasteiger charge is 2.56. The Bertz CT molecular complexity index is 1090. The molecule has 0 amide bonds. The molecule has 0 bridgehead atoms. The second kappa shape index (κ2) is 16.6. The Morgan fingerprint density at radius 2 is 0.864 bits per heavy atom. The molecule has 0 spiro atoms. The Balaban J connectivity index is 2.63. The van der Waals surface area contributed by atoms with E-state index in [9.17, 15) is 33.6 Å². The Labute approximate surface area is 260 Å². The summed E-state index contributed by atoms with van der Waals surface area (Å²) in [6.07, 6.45) is -13.1. The third-order valence-corrected chi connectivity index (χ3v) is 6.80. The molecule has 1 unspecified atom stereocenters. The minimum Gasteiger partial charge on any atom is -0.463 e. The van der Waals surface area contributed by atoms with E-state index in [1.54, 1.807) is 0 Å². The summed E-state index contributed by atoms with van der Waals surface area (Å²) in [6, 6.07) is 0. The summed E-state index contributed by atoms with van der Waals surface area (Å²) < 4.78 is 55.0. The minimum atomic E-state index is -1.70. The SMILES string of the molecule is CC(=O)OC[C@H]1O[C@@H](O[C@H]2[C@H](OC(C)=O)[C@@H](Br)C(OC(C)=O)O[C@@H]2COC(C)=O)[C@H](OC(C)=O)[C@@H](OC(C)=O)[C@H]1OC(C)=O. The molecule has 0 aromatic heterocycles. The van der Waals surface area contributed by atoms with Gasteiger partial charge in [-0.2, -0.15) is 0 Å². The number of hydrogen-bond donors (Lipinski definition) is 0. The van der Waals surface area contributed by atoms with Crippen LogP contribution in [0.15, 0.2) is 0 Å². The largest absolute Gasteiger partial charge is 0.463 e. The standard InChI is InChI=1S/C26H35BrO17/c1-10(28)35-8-17-20(22(38-13(4)31)19(27)25(42-17)41-16(7)34)44-26-24(40-15(6)33)23(39-14(5)32)21(37-12(3)30)18(43-26)9-36-11(2)29/h17-26H,8-9H2,1-7H3/t17-,18-,19-,20-,21+,22-,23+,24-,25?,26+/m1/s1. The highest BCUT2D eigenvalue weighted by molar-refractivity contribution is 9.09. The highest BCUT2D eigenvalue weighted by atomic mass is 79.9. The zero-order valence-corrected chi connectivity index (χ0v) is 26.6. The second-order valence-corrected chi connectivity index (χ2v) is 10.7. The van der Waals surface area contributed by atoms with Gasteiger partial charge in [0.05, 0.1) is 0 Å². The summed E-state index contributed by atoms with van der Waals surface area (Å²) in [7, 11) is 0. The fraction of sp³-hybridized carbons (Fsp3) is 0.731. The van der Waals surface area contributed by atoms with Crippen molar-refractivity contribution in [2.24, 2.45) is 0 Å². The maximum atomic E-state index is 12.2. The van der Waals surface area contributed by atoms with Crippen LogP contribution in [0.3, 0.4) is 0 Å². The molecule has 2 aliphatic heterocycles. The first-order valence-corrected chi connectivity index (χ1v) is 14.1. The molecule has 248 valence electrons. The number of hydrogen-bond acceptors (Lipinski definition) is 17. The molecule has 2 aliphatic rings. The average molecular weight is 699 g/mol. The van der Waals surface area contributed by atoms with Crippen molar-refractivity contribution >= 4 is 57.7 Å². The lowest BCUT2D eigenvalue weighted by atomic mass is 9.97. The van der Waals surface area contributed by atoms with Gasteiger partial charge in [-0.1, -0.05) is 15.9 Å². The van der Waals surface area contributed by atoms with Crippen molar-refractivity contribution in [3.05, 3.63) is 0 Å². The Morgan fingerprint density at radius 3 is 1.32 bits per heavy atom. The normalized spacial score (nSPS) is 31.5. The monoisotopic (exact) mass is 698 g/mol. The van der Waals surface area contributed by atoms with Crippen LogP contribution in [-0.2, 0) is 80.9 Å². The van der Waals surface area contributed by atoms with Crippen LogP contribution in [0.25, 0.3) is 0 Å². The second-order valence-electron chi connectivity index (χ2n) is 9.64. The number of carbonyl (C=O) groups excluding carboxylic acids is 7. The van der Waals surface area contributed by atoms with Crippen LogP contribution in [0.2, 0.25) is 0 Å². The van der Waals surface area contributed by atoms with Gasteiger partial charge in [-0.15, -0.1) is 0 Å². The summed E-state index contributed by atoms with van der Waals surface area (Å²) in [4.78, 5) is 82.5. The fourth-order valence-electron chi connectivity index (χ4n) is 4.40. The zero-order valence-electron chi connectivity index (χ0n) is 25.0. The first-order chi connectivity index (χ1) is 20.5. The third kappa shape index (κ3) is 11.0. The van der Waals surface area contributed by atoms with E-state index in [0.717, 1.165) is 48.5 Å². The topological polar surface area (TPSA) is 212 Å². The van der Waals surface area contributed by atoms with Crippen LogP contribution in [-0.4, -0.2) is 115 Å². The molecule has 0 aliphatic carbocycles. The summed E-state index contributed by atoms with van der Waals surface area (Å²) >= 11 is 3.30. The molecule has 2 rings (SSSR count). The molecule has 0 aromatic carbocycles. The summed E-state index contributed by atoms with van der Waals surface area (Å²) in [6.45, 7) is 6.58. The van der Waals surface area contributed by atoms with Gasteiger partial charge >= 0.3 is 41.8 Å². The molecular formula is C26H35BrO17. The smallest absolute Gasteiger partial charge is 0.304 e. The van der Waals surface area contributed by atoms with Crippen molar-refractivity contribution in [2.45, 2.75) is 109 Å². The van der Waals surface area contributed by atoms with Crippen LogP contribution in [0.5, 0.6) is 0 Å². The number of alkyl halides is 1. The van der Waals surface area contributed by atoms with Crippen LogP contribution < -0.4 is 0 Å². The lowest BCUT2D eigenvalue weighted by Crippen LogP contribution is -2.66. The molecule has 2 saturated heterocycles. The molecule has 0 N–H and O–H groups in total. The van der Waals surface area contributed by atoms with Gasteiger partial charge in [0.2, 0.25) is 6.29 Å². The van der Waals surface area contributed by atoms with E-state index in [2.05, 4.69) is 15.9 Å². The molecule has 2 heterocycles. The molecule has 2 fully saturated rings. The lowest BCUT2D eigenvalue weighted by molar-refractivity contribution is -0.343. The quantitative estimate of drug-likeness (QED) is 0.158. The van der Waals surface area contributed by atoms with Gasteiger partial charge in [-0.05, 0) is 0 Å². The molecule has 0 saturated carbocycles.